The summed E-state index contributed by atoms with van der Waals surface area (Å²) in [5.41, 5.74) is 1.61. The van der Waals surface area contributed by atoms with Crippen LogP contribution in [0.3, 0.4) is 0 Å². The molecule has 1 aromatic heterocycles. The normalized spacial score (nSPS) is 10.6. The number of aryl methyl sites for hydroxylation is 1. The number of nitro benzene ring substituents is 1. The molecule has 2 rings (SSSR count). The van der Waals surface area contributed by atoms with Crippen LogP contribution in [-0.2, 0) is 6.42 Å². The highest BCUT2D eigenvalue weighted by Crippen LogP contribution is 2.25. The van der Waals surface area contributed by atoms with E-state index in [2.05, 4.69) is 42.2 Å². The first-order valence-electron chi connectivity index (χ1n) is 5.03. The Morgan fingerprint density at radius 2 is 2.22 bits per heavy atom. The van der Waals surface area contributed by atoms with Crippen LogP contribution in [0.25, 0.3) is 5.69 Å². The van der Waals surface area contributed by atoms with Crippen LogP contribution in [0, 0.1) is 10.1 Å². The Morgan fingerprint density at radius 3 is 2.83 bits per heavy atom. The quantitative estimate of drug-likeness (QED) is 0.467. The van der Waals surface area contributed by atoms with E-state index in [1.807, 2.05) is 0 Å². The molecule has 0 spiro atoms. The largest absolute Gasteiger partial charge is 0.270 e. The molecule has 94 valence electrons. The Hall–Kier alpha value is -1.28. The minimum absolute atomic E-state index is 0.0337. The van der Waals surface area contributed by atoms with Gasteiger partial charge in [-0.25, -0.2) is 4.68 Å². The fourth-order valence-electron chi connectivity index (χ4n) is 1.42. The van der Waals surface area contributed by atoms with Crippen LogP contribution < -0.4 is 0 Å². The van der Waals surface area contributed by atoms with E-state index in [9.17, 15) is 10.1 Å². The average molecular weight is 376 g/mol. The molecule has 0 fully saturated rings. The lowest BCUT2D eigenvalue weighted by Gasteiger charge is -2.02. The second kappa shape index (κ2) is 5.57. The topological polar surface area (TPSA) is 73.8 Å². The smallest absolute Gasteiger partial charge is 0.258 e. The zero-order valence-electron chi connectivity index (χ0n) is 9.08. The first kappa shape index (κ1) is 13.2. The van der Waals surface area contributed by atoms with Crippen LogP contribution in [0.5, 0.6) is 0 Å². The van der Waals surface area contributed by atoms with Crippen molar-refractivity contribution < 1.29 is 4.92 Å². The van der Waals surface area contributed by atoms with Gasteiger partial charge in [-0.3, -0.25) is 10.1 Å². The van der Waals surface area contributed by atoms with Crippen LogP contribution >= 0.6 is 31.9 Å². The maximum atomic E-state index is 10.6. The first-order valence-corrected chi connectivity index (χ1v) is 6.95. The molecule has 0 radical (unpaired) electrons. The SMILES string of the molecule is O=[N+]([O-])c1ccc(-n2cc(CCBr)nn2)c(Br)c1. The van der Waals surface area contributed by atoms with Crippen molar-refractivity contribution in [3.63, 3.8) is 0 Å². The average Bonchev–Trinajstić information content (AvgIpc) is 2.77. The summed E-state index contributed by atoms with van der Waals surface area (Å²) < 4.78 is 2.19. The molecule has 1 heterocycles. The molecule has 0 saturated heterocycles. The number of nitrogens with zero attached hydrogens (tertiary/aromatic N) is 4. The number of rotatable bonds is 4. The first-order chi connectivity index (χ1) is 8.61. The highest BCUT2D eigenvalue weighted by Gasteiger charge is 2.11. The minimum atomic E-state index is -0.438. The summed E-state index contributed by atoms with van der Waals surface area (Å²) in [5, 5.41) is 19.4. The molecule has 18 heavy (non-hydrogen) atoms. The second-order valence-corrected chi connectivity index (χ2v) is 5.13. The number of benzene rings is 1. The van der Waals surface area contributed by atoms with E-state index in [-0.39, 0.29) is 5.69 Å². The number of aromatic nitrogens is 3. The summed E-state index contributed by atoms with van der Waals surface area (Å²) >= 11 is 6.63. The van der Waals surface area contributed by atoms with Crippen LogP contribution in [0.2, 0.25) is 0 Å². The Kier molecular flexibility index (Phi) is 4.07. The van der Waals surface area contributed by atoms with Crippen molar-refractivity contribution in [3.8, 4) is 5.69 Å². The van der Waals surface area contributed by atoms with Crippen molar-refractivity contribution in [3.05, 3.63) is 44.7 Å². The lowest BCUT2D eigenvalue weighted by Crippen LogP contribution is -1.97. The van der Waals surface area contributed by atoms with E-state index in [1.54, 1.807) is 16.9 Å². The highest BCUT2D eigenvalue weighted by atomic mass is 79.9. The number of hydrogen-bond donors (Lipinski definition) is 0. The van der Waals surface area contributed by atoms with Gasteiger partial charge in [-0.1, -0.05) is 21.1 Å². The molecule has 0 aliphatic heterocycles. The number of alkyl halides is 1. The van der Waals surface area contributed by atoms with Crippen LogP contribution in [0.15, 0.2) is 28.9 Å². The van der Waals surface area contributed by atoms with Crippen molar-refractivity contribution in [2.24, 2.45) is 0 Å². The summed E-state index contributed by atoms with van der Waals surface area (Å²) in [7, 11) is 0. The molecule has 1 aromatic carbocycles. The maximum absolute atomic E-state index is 10.6. The van der Waals surface area contributed by atoms with E-state index in [0.717, 1.165) is 17.4 Å². The number of nitro groups is 1. The van der Waals surface area contributed by atoms with E-state index < -0.39 is 4.92 Å². The summed E-state index contributed by atoms with van der Waals surface area (Å²) in [6.45, 7) is 0. The molecule has 0 aliphatic carbocycles. The summed E-state index contributed by atoms with van der Waals surface area (Å²) in [4.78, 5) is 10.2. The van der Waals surface area contributed by atoms with Crippen molar-refractivity contribution in [1.29, 1.82) is 0 Å². The third-order valence-electron chi connectivity index (χ3n) is 2.28. The molecule has 0 N–H and O–H groups in total. The van der Waals surface area contributed by atoms with Gasteiger partial charge in [0.1, 0.15) is 0 Å². The van der Waals surface area contributed by atoms with Gasteiger partial charge in [0.05, 0.1) is 27.0 Å². The number of hydrogen-bond acceptors (Lipinski definition) is 4. The van der Waals surface area contributed by atoms with Gasteiger partial charge in [0.15, 0.2) is 0 Å². The molecule has 0 bridgehead atoms. The van der Waals surface area contributed by atoms with Crippen molar-refractivity contribution in [1.82, 2.24) is 15.0 Å². The highest BCUT2D eigenvalue weighted by molar-refractivity contribution is 9.10. The zero-order valence-corrected chi connectivity index (χ0v) is 12.3. The Bertz CT molecular complexity index is 585. The van der Waals surface area contributed by atoms with Crippen LogP contribution in [0.4, 0.5) is 5.69 Å². The van der Waals surface area contributed by atoms with Gasteiger partial charge in [-0.2, -0.15) is 0 Å². The fraction of sp³-hybridized carbons (Fsp3) is 0.200. The minimum Gasteiger partial charge on any atom is -0.258 e. The molecule has 0 amide bonds. The number of non-ortho nitro benzene ring substituents is 1. The van der Waals surface area contributed by atoms with E-state index in [0.29, 0.717) is 10.2 Å². The number of halogens is 2. The van der Waals surface area contributed by atoms with Crippen LogP contribution in [-0.4, -0.2) is 25.2 Å². The lowest BCUT2D eigenvalue weighted by atomic mass is 10.3. The van der Waals surface area contributed by atoms with E-state index in [1.165, 1.54) is 12.1 Å². The Balaban J connectivity index is 2.35. The van der Waals surface area contributed by atoms with Crippen LogP contribution in [0.1, 0.15) is 5.69 Å². The summed E-state index contributed by atoms with van der Waals surface area (Å²) in [5.74, 6) is 0. The van der Waals surface area contributed by atoms with Gasteiger partial charge in [0.2, 0.25) is 0 Å². The Labute approximate surface area is 119 Å². The predicted molar refractivity (Wildman–Crippen MR) is 73.2 cm³/mol. The van der Waals surface area contributed by atoms with E-state index in [4.69, 9.17) is 0 Å². The lowest BCUT2D eigenvalue weighted by molar-refractivity contribution is -0.384. The third kappa shape index (κ3) is 2.75. The molecule has 8 heteroatoms. The maximum Gasteiger partial charge on any atom is 0.270 e. The molecule has 6 nitrogen and oxygen atoms in total. The fourth-order valence-corrected chi connectivity index (χ4v) is 2.38. The molecule has 0 atom stereocenters. The third-order valence-corrected chi connectivity index (χ3v) is 3.31. The molecule has 2 aromatic rings. The van der Waals surface area contributed by atoms with Gasteiger partial charge in [0, 0.05) is 23.9 Å². The molecular weight excluding hydrogens is 368 g/mol. The van der Waals surface area contributed by atoms with E-state index >= 15 is 0 Å². The summed E-state index contributed by atoms with van der Waals surface area (Å²) in [6.07, 6.45) is 2.58. The molecule has 0 aliphatic rings. The van der Waals surface area contributed by atoms with Gasteiger partial charge < -0.3 is 0 Å². The Morgan fingerprint density at radius 1 is 1.44 bits per heavy atom. The van der Waals surface area contributed by atoms with Crippen molar-refractivity contribution in [2.75, 3.05) is 5.33 Å². The molecule has 0 unspecified atom stereocenters. The standard InChI is InChI=1S/C10H8Br2N4O2/c11-4-3-7-6-15(14-13-7)10-2-1-8(16(17)18)5-9(10)12/h1-2,5-6H,3-4H2. The monoisotopic (exact) mass is 374 g/mol. The van der Waals surface area contributed by atoms with Gasteiger partial charge in [-0.15, -0.1) is 5.10 Å². The molecule has 0 saturated carbocycles. The second-order valence-electron chi connectivity index (χ2n) is 3.49. The van der Waals surface area contributed by atoms with Crippen molar-refractivity contribution >= 4 is 37.5 Å². The van der Waals surface area contributed by atoms with Crippen molar-refractivity contribution in [2.45, 2.75) is 6.42 Å². The van der Waals surface area contributed by atoms with Gasteiger partial charge in [-0.05, 0) is 22.0 Å². The van der Waals surface area contributed by atoms with Gasteiger partial charge in [0.25, 0.3) is 5.69 Å². The predicted octanol–water partition coefficient (Wildman–Crippen LogP) is 2.88. The molecular formula is C10H8Br2N4O2. The van der Waals surface area contributed by atoms with Gasteiger partial charge >= 0.3 is 0 Å². The zero-order chi connectivity index (χ0) is 13.1. The summed E-state index contributed by atoms with van der Waals surface area (Å²) in [6, 6.07) is 4.52.